The molecule has 0 atom stereocenters. The number of aliphatic carboxylic acids is 1. The first-order valence-electron chi connectivity index (χ1n) is 8.24. The molecule has 7 heteroatoms. The molecule has 2 aromatic rings. The van der Waals surface area contributed by atoms with Crippen LogP contribution in [0.3, 0.4) is 0 Å². The second kappa shape index (κ2) is 7.51. The van der Waals surface area contributed by atoms with E-state index in [1.807, 2.05) is 24.3 Å². The van der Waals surface area contributed by atoms with E-state index >= 15 is 0 Å². The Morgan fingerprint density at radius 3 is 2.27 bits per heavy atom. The normalized spacial score (nSPS) is 11.2. The Morgan fingerprint density at radius 1 is 1.12 bits per heavy atom. The van der Waals surface area contributed by atoms with Crippen LogP contribution in [0.4, 0.5) is 0 Å². The molecule has 138 valence electrons. The zero-order valence-electron chi connectivity index (χ0n) is 15.3. The van der Waals surface area contributed by atoms with Crippen molar-refractivity contribution in [1.29, 1.82) is 0 Å². The minimum atomic E-state index is -1.18. The lowest BCUT2D eigenvalue weighted by atomic mass is 9.86. The molecule has 0 saturated heterocycles. The number of benzene rings is 1. The van der Waals surface area contributed by atoms with Gasteiger partial charge in [-0.1, -0.05) is 45.0 Å². The summed E-state index contributed by atoms with van der Waals surface area (Å²) in [7, 11) is 0. The highest BCUT2D eigenvalue weighted by Gasteiger charge is 2.19. The molecule has 0 aliphatic heterocycles. The van der Waals surface area contributed by atoms with Crippen LogP contribution in [0.1, 0.15) is 53.9 Å². The van der Waals surface area contributed by atoms with Gasteiger partial charge in [-0.05, 0) is 23.5 Å². The van der Waals surface area contributed by atoms with E-state index < -0.39 is 18.4 Å². The second-order valence-electron chi connectivity index (χ2n) is 7.12. The number of carboxylic acids is 1. The molecule has 7 nitrogen and oxygen atoms in total. The maximum absolute atomic E-state index is 12.1. The van der Waals surface area contributed by atoms with Crippen molar-refractivity contribution in [3.05, 3.63) is 52.6 Å². The first-order valence-corrected chi connectivity index (χ1v) is 8.24. The number of aromatic hydroxyl groups is 1. The van der Waals surface area contributed by atoms with Gasteiger partial charge in [0.1, 0.15) is 12.4 Å². The maximum atomic E-state index is 12.1. The average Bonchev–Trinajstić information content (AvgIpc) is 2.55. The lowest BCUT2D eigenvalue weighted by Crippen LogP contribution is -2.30. The minimum absolute atomic E-state index is 0.0551. The van der Waals surface area contributed by atoms with Crippen LogP contribution in [0.2, 0.25) is 0 Å². The molecule has 2 rings (SSSR count). The van der Waals surface area contributed by atoms with Gasteiger partial charge in [0.15, 0.2) is 11.4 Å². The van der Waals surface area contributed by atoms with Crippen molar-refractivity contribution < 1.29 is 19.8 Å². The summed E-state index contributed by atoms with van der Waals surface area (Å²) >= 11 is 0. The van der Waals surface area contributed by atoms with Gasteiger partial charge in [0.25, 0.3) is 5.91 Å². The lowest BCUT2D eigenvalue weighted by Gasteiger charge is -2.19. The number of carboxylic acid groups (broad SMARTS) is 1. The van der Waals surface area contributed by atoms with Gasteiger partial charge in [-0.15, -0.1) is 0 Å². The van der Waals surface area contributed by atoms with Crippen LogP contribution >= 0.6 is 0 Å². The van der Waals surface area contributed by atoms with Crippen molar-refractivity contribution in [1.82, 2.24) is 15.3 Å². The zero-order valence-corrected chi connectivity index (χ0v) is 15.3. The number of nitrogens with one attached hydrogen (secondary N) is 1. The number of carbonyl (C=O) groups is 2. The van der Waals surface area contributed by atoms with E-state index in [-0.39, 0.29) is 22.6 Å². The molecule has 3 N–H and O–H groups in total. The van der Waals surface area contributed by atoms with E-state index in [2.05, 4.69) is 36.1 Å². The molecule has 1 amide bonds. The standard InChI is InChI=1S/C19H23N3O4/c1-11-17(25)16(18(26)20-10-15(23)24)22-14(21-11)9-12-5-7-13(8-6-12)19(2,3)4/h5-8,25H,9-10H2,1-4H3,(H,20,26)(H,23,24). The molecular weight excluding hydrogens is 334 g/mol. The van der Waals surface area contributed by atoms with Crippen LogP contribution in [0, 0.1) is 6.92 Å². The third kappa shape index (κ3) is 4.78. The Bertz CT molecular complexity index is 824. The van der Waals surface area contributed by atoms with E-state index in [4.69, 9.17) is 5.11 Å². The van der Waals surface area contributed by atoms with Crippen LogP contribution < -0.4 is 5.32 Å². The molecule has 0 saturated carbocycles. The number of aryl methyl sites for hydroxylation is 1. The Labute approximate surface area is 152 Å². The molecule has 1 aromatic heterocycles. The lowest BCUT2D eigenvalue weighted by molar-refractivity contribution is -0.135. The van der Waals surface area contributed by atoms with Gasteiger partial charge in [-0.3, -0.25) is 9.59 Å². The zero-order chi connectivity index (χ0) is 19.5. The van der Waals surface area contributed by atoms with E-state index in [0.29, 0.717) is 12.2 Å². The fourth-order valence-corrected chi connectivity index (χ4v) is 2.41. The SMILES string of the molecule is Cc1nc(Cc2ccc(C(C)(C)C)cc2)nc(C(=O)NCC(=O)O)c1O. The predicted molar refractivity (Wildman–Crippen MR) is 96.4 cm³/mol. The van der Waals surface area contributed by atoms with Crippen molar-refractivity contribution in [2.75, 3.05) is 6.54 Å². The van der Waals surface area contributed by atoms with Crippen molar-refractivity contribution in [2.45, 2.75) is 39.5 Å². The van der Waals surface area contributed by atoms with E-state index in [9.17, 15) is 14.7 Å². The van der Waals surface area contributed by atoms with Crippen LogP contribution in [-0.2, 0) is 16.6 Å². The number of hydrogen-bond acceptors (Lipinski definition) is 5. The summed E-state index contributed by atoms with van der Waals surface area (Å²) in [5.74, 6) is -1.90. The molecular formula is C19H23N3O4. The van der Waals surface area contributed by atoms with Crippen molar-refractivity contribution in [3.8, 4) is 5.75 Å². The van der Waals surface area contributed by atoms with Crippen molar-refractivity contribution in [3.63, 3.8) is 0 Å². The van der Waals surface area contributed by atoms with E-state index in [0.717, 1.165) is 5.56 Å². The summed E-state index contributed by atoms with van der Waals surface area (Å²) in [6.07, 6.45) is 0.394. The molecule has 26 heavy (non-hydrogen) atoms. The summed E-state index contributed by atoms with van der Waals surface area (Å²) in [6.45, 7) is 7.42. The van der Waals surface area contributed by atoms with Crippen LogP contribution in [0.15, 0.2) is 24.3 Å². The molecule has 0 spiro atoms. The summed E-state index contributed by atoms with van der Waals surface area (Å²) in [6, 6.07) is 8.05. The number of hydrogen-bond donors (Lipinski definition) is 3. The van der Waals surface area contributed by atoms with Gasteiger partial charge in [0.2, 0.25) is 0 Å². The topological polar surface area (TPSA) is 112 Å². The van der Waals surface area contributed by atoms with Gasteiger partial charge >= 0.3 is 5.97 Å². The molecule has 0 unspecified atom stereocenters. The third-order valence-corrected chi connectivity index (χ3v) is 3.90. The van der Waals surface area contributed by atoms with Crippen molar-refractivity contribution in [2.24, 2.45) is 0 Å². The van der Waals surface area contributed by atoms with Gasteiger partial charge < -0.3 is 15.5 Å². The Kier molecular flexibility index (Phi) is 5.59. The summed E-state index contributed by atoms with van der Waals surface area (Å²) in [5, 5.41) is 20.9. The van der Waals surface area contributed by atoms with E-state index in [1.54, 1.807) is 6.92 Å². The van der Waals surface area contributed by atoms with Crippen LogP contribution in [0.25, 0.3) is 0 Å². The van der Waals surface area contributed by atoms with Crippen LogP contribution in [-0.4, -0.2) is 38.6 Å². The number of nitrogens with zero attached hydrogens (tertiary/aromatic N) is 2. The number of amides is 1. The van der Waals surface area contributed by atoms with Crippen molar-refractivity contribution >= 4 is 11.9 Å². The summed E-state index contributed by atoms with van der Waals surface area (Å²) < 4.78 is 0. The quantitative estimate of drug-likeness (QED) is 0.756. The third-order valence-electron chi connectivity index (χ3n) is 3.90. The minimum Gasteiger partial charge on any atom is -0.504 e. The maximum Gasteiger partial charge on any atom is 0.322 e. The Balaban J connectivity index is 2.25. The van der Waals surface area contributed by atoms with Gasteiger partial charge in [-0.25, -0.2) is 9.97 Å². The Hall–Kier alpha value is -2.96. The second-order valence-corrected chi connectivity index (χ2v) is 7.12. The summed E-state index contributed by atoms with van der Waals surface area (Å²) in [4.78, 5) is 31.0. The average molecular weight is 357 g/mol. The molecule has 0 radical (unpaired) electrons. The first kappa shape index (κ1) is 19.4. The number of aromatic nitrogens is 2. The molecule has 0 fully saturated rings. The molecule has 1 heterocycles. The van der Waals surface area contributed by atoms with Gasteiger partial charge in [0.05, 0.1) is 5.69 Å². The van der Waals surface area contributed by atoms with Gasteiger partial charge in [0, 0.05) is 6.42 Å². The smallest absolute Gasteiger partial charge is 0.322 e. The highest BCUT2D eigenvalue weighted by Crippen LogP contribution is 2.23. The molecule has 0 aliphatic carbocycles. The highest BCUT2D eigenvalue weighted by atomic mass is 16.4. The number of rotatable bonds is 5. The van der Waals surface area contributed by atoms with Gasteiger partial charge in [-0.2, -0.15) is 0 Å². The fraction of sp³-hybridized carbons (Fsp3) is 0.368. The predicted octanol–water partition coefficient (Wildman–Crippen LogP) is 2.19. The number of carbonyl (C=O) groups excluding carboxylic acids is 1. The monoisotopic (exact) mass is 357 g/mol. The molecule has 0 aliphatic rings. The summed E-state index contributed by atoms with van der Waals surface area (Å²) in [5.41, 5.74) is 2.28. The van der Waals surface area contributed by atoms with Crippen LogP contribution in [0.5, 0.6) is 5.75 Å². The molecule has 1 aromatic carbocycles. The first-order chi connectivity index (χ1) is 12.1. The largest absolute Gasteiger partial charge is 0.504 e. The highest BCUT2D eigenvalue weighted by molar-refractivity contribution is 5.96. The Morgan fingerprint density at radius 2 is 1.73 bits per heavy atom. The fourth-order valence-electron chi connectivity index (χ4n) is 2.41. The molecule has 0 bridgehead atoms. The van der Waals surface area contributed by atoms with E-state index in [1.165, 1.54) is 5.56 Å².